The van der Waals surface area contributed by atoms with E-state index in [-0.39, 0.29) is 0 Å². The van der Waals surface area contributed by atoms with Crippen molar-refractivity contribution in [2.24, 2.45) is 0 Å². The maximum Gasteiger partial charge on any atom is 0.325 e. The van der Waals surface area contributed by atoms with Crippen molar-refractivity contribution in [3.8, 4) is 0 Å². The molecule has 25 heavy (non-hydrogen) atoms. The van der Waals surface area contributed by atoms with Crippen LogP contribution < -0.4 is 10.6 Å². The summed E-state index contributed by atoms with van der Waals surface area (Å²) in [7, 11) is 0. The average Bonchev–Trinajstić information content (AvgIpc) is 2.52. The molecule has 144 valence electrons. The van der Waals surface area contributed by atoms with Gasteiger partial charge in [-0.3, -0.25) is 14.4 Å². The minimum absolute atomic E-state index is 0.535. The summed E-state index contributed by atoms with van der Waals surface area (Å²) in [6.07, 6.45) is -6.69. The standard InChI is InChI=1S/C14H24N2O9/c1-5(13(21)22)15-12(20)6(2)24-11-9(16-7(3)18)14(23)25-8(4-17)10(11)19/h5-6,8-11,14,17,19,23H,4H2,1-3H3,(H,15,20)(H,16,18)(H,21,22)/t5-,6-,8-,9-,10-,11-,14+/m1/s1. The molecule has 2 amide bonds. The van der Waals surface area contributed by atoms with Crippen molar-refractivity contribution in [3.63, 3.8) is 0 Å². The Bertz CT molecular complexity index is 501. The van der Waals surface area contributed by atoms with E-state index in [9.17, 15) is 29.7 Å². The van der Waals surface area contributed by atoms with Crippen LogP contribution in [-0.4, -0.2) is 87.6 Å². The number of amides is 2. The molecule has 1 saturated heterocycles. The summed E-state index contributed by atoms with van der Waals surface area (Å²) >= 11 is 0. The van der Waals surface area contributed by atoms with Crippen LogP contribution in [0.15, 0.2) is 0 Å². The molecule has 6 N–H and O–H groups in total. The number of carboxylic acids is 1. The van der Waals surface area contributed by atoms with Gasteiger partial charge in [0.25, 0.3) is 0 Å². The number of carbonyl (C=O) groups is 3. The molecule has 0 aliphatic carbocycles. The van der Waals surface area contributed by atoms with Crippen LogP contribution in [0.25, 0.3) is 0 Å². The van der Waals surface area contributed by atoms with Crippen LogP contribution in [0.1, 0.15) is 20.8 Å². The number of rotatable bonds is 7. The third-order valence-corrected chi connectivity index (χ3v) is 3.70. The van der Waals surface area contributed by atoms with Crippen LogP contribution in [0.3, 0.4) is 0 Å². The summed E-state index contributed by atoms with van der Waals surface area (Å²) in [4.78, 5) is 34.1. The van der Waals surface area contributed by atoms with Crippen molar-refractivity contribution in [2.45, 2.75) is 63.6 Å². The molecule has 0 aromatic rings. The number of carboxylic acid groups (broad SMARTS) is 1. The van der Waals surface area contributed by atoms with Gasteiger partial charge in [-0.1, -0.05) is 0 Å². The number of ether oxygens (including phenoxy) is 2. The maximum atomic E-state index is 12.0. The summed E-state index contributed by atoms with van der Waals surface area (Å²) < 4.78 is 10.5. The molecule has 1 fully saturated rings. The van der Waals surface area contributed by atoms with Crippen LogP contribution in [0.5, 0.6) is 0 Å². The molecule has 11 heteroatoms. The Kier molecular flexibility index (Phi) is 7.70. The zero-order valence-corrected chi connectivity index (χ0v) is 14.1. The van der Waals surface area contributed by atoms with Gasteiger partial charge in [-0.15, -0.1) is 0 Å². The van der Waals surface area contributed by atoms with Crippen LogP contribution in [-0.2, 0) is 23.9 Å². The highest BCUT2D eigenvalue weighted by atomic mass is 16.6. The van der Waals surface area contributed by atoms with E-state index in [0.29, 0.717) is 0 Å². The first-order valence-corrected chi connectivity index (χ1v) is 7.66. The molecule has 0 saturated carbocycles. The average molecular weight is 364 g/mol. The monoisotopic (exact) mass is 364 g/mol. The molecule has 0 unspecified atom stereocenters. The Hall–Kier alpha value is -1.79. The number of hydrogen-bond acceptors (Lipinski definition) is 8. The van der Waals surface area contributed by atoms with Gasteiger partial charge in [0, 0.05) is 6.92 Å². The summed E-state index contributed by atoms with van der Waals surface area (Å²) in [6.45, 7) is 3.14. The predicted octanol–water partition coefficient (Wildman–Crippen LogP) is -3.08. The summed E-state index contributed by atoms with van der Waals surface area (Å²) in [5, 5.41) is 42.7. The van der Waals surface area contributed by atoms with E-state index >= 15 is 0 Å². The largest absolute Gasteiger partial charge is 0.480 e. The first kappa shape index (κ1) is 21.3. The Labute approximate surface area is 143 Å². The normalized spacial score (nSPS) is 31.7. The lowest BCUT2D eigenvalue weighted by Crippen LogP contribution is -2.65. The fourth-order valence-corrected chi connectivity index (χ4v) is 2.32. The first-order valence-electron chi connectivity index (χ1n) is 7.66. The van der Waals surface area contributed by atoms with Gasteiger partial charge < -0.3 is 40.5 Å². The van der Waals surface area contributed by atoms with E-state index < -0.39 is 67.2 Å². The fourth-order valence-electron chi connectivity index (χ4n) is 2.32. The quantitative estimate of drug-likeness (QED) is 0.274. The molecule has 0 radical (unpaired) electrons. The molecule has 7 atom stereocenters. The summed E-state index contributed by atoms with van der Waals surface area (Å²) in [5.74, 6) is -2.53. The molecule has 0 bridgehead atoms. The highest BCUT2D eigenvalue weighted by Gasteiger charge is 2.46. The molecule has 1 aliphatic heterocycles. The van der Waals surface area contributed by atoms with Gasteiger partial charge in [0.1, 0.15) is 36.5 Å². The second kappa shape index (κ2) is 9.06. The molecule has 0 aromatic carbocycles. The van der Waals surface area contributed by atoms with Gasteiger partial charge in [-0.2, -0.15) is 0 Å². The van der Waals surface area contributed by atoms with E-state index in [4.69, 9.17) is 14.6 Å². The van der Waals surface area contributed by atoms with Crippen molar-refractivity contribution < 1.29 is 44.3 Å². The second-order valence-corrected chi connectivity index (χ2v) is 5.78. The lowest BCUT2D eigenvalue weighted by Gasteiger charge is -2.43. The highest BCUT2D eigenvalue weighted by Crippen LogP contribution is 2.23. The number of aliphatic hydroxyl groups is 3. The third kappa shape index (κ3) is 5.61. The van der Waals surface area contributed by atoms with Gasteiger partial charge >= 0.3 is 5.97 Å². The Morgan fingerprint density at radius 1 is 1.24 bits per heavy atom. The Morgan fingerprint density at radius 2 is 1.84 bits per heavy atom. The number of aliphatic hydroxyl groups excluding tert-OH is 3. The van der Waals surface area contributed by atoms with Crippen molar-refractivity contribution in [3.05, 3.63) is 0 Å². The molecular weight excluding hydrogens is 340 g/mol. The third-order valence-electron chi connectivity index (χ3n) is 3.70. The van der Waals surface area contributed by atoms with E-state index in [1.165, 1.54) is 20.8 Å². The van der Waals surface area contributed by atoms with Crippen molar-refractivity contribution in [2.75, 3.05) is 6.61 Å². The molecule has 11 nitrogen and oxygen atoms in total. The lowest BCUT2D eigenvalue weighted by molar-refractivity contribution is -0.266. The van der Waals surface area contributed by atoms with Crippen molar-refractivity contribution >= 4 is 17.8 Å². The maximum absolute atomic E-state index is 12.0. The molecular formula is C14H24N2O9. The molecule has 1 heterocycles. The zero-order valence-electron chi connectivity index (χ0n) is 14.1. The van der Waals surface area contributed by atoms with Gasteiger partial charge in [0.15, 0.2) is 6.29 Å². The predicted molar refractivity (Wildman–Crippen MR) is 81.2 cm³/mol. The first-order chi connectivity index (χ1) is 11.6. The van der Waals surface area contributed by atoms with Crippen molar-refractivity contribution in [1.29, 1.82) is 0 Å². The van der Waals surface area contributed by atoms with Gasteiger partial charge in [0.2, 0.25) is 11.8 Å². The molecule has 1 aliphatic rings. The van der Waals surface area contributed by atoms with Crippen LogP contribution in [0.4, 0.5) is 0 Å². The van der Waals surface area contributed by atoms with Crippen LogP contribution >= 0.6 is 0 Å². The Morgan fingerprint density at radius 3 is 2.32 bits per heavy atom. The van der Waals surface area contributed by atoms with Gasteiger partial charge in [0.05, 0.1) is 6.61 Å². The number of aliphatic carboxylic acids is 1. The van der Waals surface area contributed by atoms with E-state index in [1.807, 2.05) is 0 Å². The Balaban J connectivity index is 2.88. The molecule has 0 aromatic heterocycles. The smallest absolute Gasteiger partial charge is 0.325 e. The van der Waals surface area contributed by atoms with Crippen molar-refractivity contribution in [1.82, 2.24) is 10.6 Å². The minimum Gasteiger partial charge on any atom is -0.480 e. The fraction of sp³-hybridized carbons (Fsp3) is 0.786. The second-order valence-electron chi connectivity index (χ2n) is 5.78. The lowest BCUT2D eigenvalue weighted by atomic mass is 9.96. The SMILES string of the molecule is CC(=O)N[C@@H]1[C@@H](O[C@H](C)C(=O)N[C@H](C)C(=O)O)[C@H](O)[C@@H](CO)O[C@@H]1O. The number of carbonyl (C=O) groups excluding carboxylic acids is 2. The van der Waals surface area contributed by atoms with Crippen LogP contribution in [0, 0.1) is 0 Å². The van der Waals surface area contributed by atoms with Gasteiger partial charge in [-0.05, 0) is 13.8 Å². The van der Waals surface area contributed by atoms with Crippen LogP contribution in [0.2, 0.25) is 0 Å². The number of hydrogen-bond donors (Lipinski definition) is 6. The van der Waals surface area contributed by atoms with E-state index in [2.05, 4.69) is 10.6 Å². The summed E-state index contributed by atoms with van der Waals surface area (Å²) in [6, 6.07) is -2.34. The topological polar surface area (TPSA) is 175 Å². The number of nitrogens with one attached hydrogen (secondary N) is 2. The van der Waals surface area contributed by atoms with E-state index in [0.717, 1.165) is 0 Å². The molecule has 0 spiro atoms. The summed E-state index contributed by atoms with van der Waals surface area (Å²) in [5.41, 5.74) is 0. The van der Waals surface area contributed by atoms with Gasteiger partial charge in [-0.25, -0.2) is 0 Å². The van der Waals surface area contributed by atoms with E-state index in [1.54, 1.807) is 0 Å². The zero-order chi connectivity index (χ0) is 19.3. The highest BCUT2D eigenvalue weighted by molar-refractivity contribution is 5.85. The minimum atomic E-state index is -1.58. The molecule has 1 rings (SSSR count).